The van der Waals surface area contributed by atoms with Gasteiger partial charge in [-0.05, 0) is 32.6 Å². The predicted octanol–water partition coefficient (Wildman–Crippen LogP) is 2.32. The van der Waals surface area contributed by atoms with Gasteiger partial charge in [0, 0.05) is 44.9 Å². The molecule has 5 heteroatoms. The quantitative estimate of drug-likeness (QED) is 0.737. The molecule has 5 nitrogen and oxygen atoms in total. The Morgan fingerprint density at radius 1 is 1.30 bits per heavy atom. The Morgan fingerprint density at radius 3 is 2.61 bits per heavy atom. The normalized spacial score (nSPS) is 24.2. The second-order valence-corrected chi connectivity index (χ2v) is 7.26. The zero-order valence-corrected chi connectivity index (χ0v) is 14.6. The lowest BCUT2D eigenvalue weighted by Gasteiger charge is -2.32. The number of carbonyl (C=O) groups excluding carboxylic acids is 1. The molecule has 1 atom stereocenters. The molecule has 0 spiro atoms. The van der Waals surface area contributed by atoms with Gasteiger partial charge in [-0.1, -0.05) is 19.3 Å². The largest absolute Gasteiger partial charge is 0.388 e. The molecule has 0 aromatic heterocycles. The molecular weight excluding hydrogens is 292 g/mol. The van der Waals surface area contributed by atoms with E-state index in [0.29, 0.717) is 38.5 Å². The Balaban J connectivity index is 1.76. The maximum Gasteiger partial charge on any atom is 0.228 e. The molecule has 0 aromatic rings. The van der Waals surface area contributed by atoms with E-state index in [4.69, 9.17) is 4.74 Å². The average molecular weight is 324 g/mol. The molecule has 2 aliphatic rings. The van der Waals surface area contributed by atoms with Crippen LogP contribution in [0.25, 0.3) is 0 Å². The number of aliphatic imine (C=N–C) groups is 1. The summed E-state index contributed by atoms with van der Waals surface area (Å²) in [6.07, 6.45) is 7.69. The van der Waals surface area contributed by atoms with Crippen molar-refractivity contribution >= 4 is 11.6 Å². The molecule has 1 heterocycles. The topological polar surface area (TPSA) is 70.9 Å². The highest BCUT2D eigenvalue weighted by atomic mass is 16.5. The zero-order chi connectivity index (χ0) is 16.7. The van der Waals surface area contributed by atoms with Crippen molar-refractivity contribution in [3.63, 3.8) is 0 Å². The number of hydrogen-bond donors (Lipinski definition) is 2. The zero-order valence-electron chi connectivity index (χ0n) is 14.6. The third kappa shape index (κ3) is 5.88. The van der Waals surface area contributed by atoms with Gasteiger partial charge in [-0.25, -0.2) is 0 Å². The standard InChI is InChI=1S/C18H32N2O3/c1-14(15(2)19-12-16-6-4-3-5-7-16)17(21)20-13-18(22)8-10-23-11-9-18/h14,16,22H,3-13H2,1-2H3,(H,20,21). The van der Waals surface area contributed by atoms with Crippen molar-refractivity contribution in [2.75, 3.05) is 26.3 Å². The van der Waals surface area contributed by atoms with Crippen LogP contribution in [0.4, 0.5) is 0 Å². The van der Waals surface area contributed by atoms with E-state index in [9.17, 15) is 9.90 Å². The number of amides is 1. The first kappa shape index (κ1) is 18.4. The molecule has 0 bridgehead atoms. The van der Waals surface area contributed by atoms with Gasteiger partial charge in [0.2, 0.25) is 5.91 Å². The van der Waals surface area contributed by atoms with E-state index in [1.165, 1.54) is 32.1 Å². The van der Waals surface area contributed by atoms with Crippen molar-refractivity contribution in [3.8, 4) is 0 Å². The van der Waals surface area contributed by atoms with Crippen molar-refractivity contribution in [2.24, 2.45) is 16.8 Å². The molecule has 23 heavy (non-hydrogen) atoms. The van der Waals surface area contributed by atoms with E-state index in [2.05, 4.69) is 10.3 Å². The number of carbonyl (C=O) groups is 1. The first-order chi connectivity index (χ1) is 11.0. The minimum absolute atomic E-state index is 0.0465. The van der Waals surface area contributed by atoms with E-state index < -0.39 is 5.60 Å². The molecule has 2 rings (SSSR count). The van der Waals surface area contributed by atoms with Gasteiger partial charge in [-0.2, -0.15) is 0 Å². The highest BCUT2D eigenvalue weighted by molar-refractivity contribution is 6.02. The number of ether oxygens (including phenoxy) is 1. The van der Waals surface area contributed by atoms with Crippen molar-refractivity contribution < 1.29 is 14.6 Å². The molecule has 1 aliphatic heterocycles. The minimum Gasteiger partial charge on any atom is -0.388 e. The SMILES string of the molecule is CC(=NCC1CCCCC1)C(C)C(=O)NCC1(O)CCOCC1. The fourth-order valence-electron chi connectivity index (χ4n) is 3.30. The molecular formula is C18H32N2O3. The van der Waals surface area contributed by atoms with Crippen molar-refractivity contribution in [3.05, 3.63) is 0 Å². The third-order valence-corrected chi connectivity index (χ3v) is 5.36. The van der Waals surface area contributed by atoms with Crippen molar-refractivity contribution in [1.82, 2.24) is 5.32 Å². The van der Waals surface area contributed by atoms with Crippen LogP contribution in [-0.2, 0) is 9.53 Å². The smallest absolute Gasteiger partial charge is 0.228 e. The Labute approximate surface area is 139 Å². The van der Waals surface area contributed by atoms with Crippen molar-refractivity contribution in [1.29, 1.82) is 0 Å². The summed E-state index contributed by atoms with van der Waals surface area (Å²) >= 11 is 0. The van der Waals surface area contributed by atoms with Gasteiger partial charge >= 0.3 is 0 Å². The second-order valence-electron chi connectivity index (χ2n) is 7.26. The molecule has 1 aliphatic carbocycles. The Morgan fingerprint density at radius 2 is 1.96 bits per heavy atom. The van der Waals surface area contributed by atoms with Crippen LogP contribution in [0, 0.1) is 11.8 Å². The van der Waals surface area contributed by atoms with Crippen LogP contribution < -0.4 is 5.32 Å². The van der Waals surface area contributed by atoms with Crippen LogP contribution >= 0.6 is 0 Å². The van der Waals surface area contributed by atoms with E-state index in [-0.39, 0.29) is 11.8 Å². The summed E-state index contributed by atoms with van der Waals surface area (Å²) < 4.78 is 5.26. The Bertz CT molecular complexity index is 410. The van der Waals surface area contributed by atoms with Crippen LogP contribution in [-0.4, -0.2) is 48.6 Å². The second kappa shape index (κ2) is 8.78. The molecule has 1 saturated carbocycles. The van der Waals surface area contributed by atoms with Crippen LogP contribution in [0.2, 0.25) is 0 Å². The summed E-state index contributed by atoms with van der Waals surface area (Å²) in [4.78, 5) is 16.9. The Hall–Kier alpha value is -0.940. The first-order valence-electron chi connectivity index (χ1n) is 9.09. The molecule has 2 N–H and O–H groups in total. The fraction of sp³-hybridized carbons (Fsp3) is 0.889. The van der Waals surface area contributed by atoms with Crippen molar-refractivity contribution in [2.45, 2.75) is 64.4 Å². The van der Waals surface area contributed by atoms with Gasteiger partial charge in [-0.3, -0.25) is 9.79 Å². The van der Waals surface area contributed by atoms with E-state index in [1.54, 1.807) is 0 Å². The van der Waals surface area contributed by atoms with Crippen LogP contribution in [0.15, 0.2) is 4.99 Å². The van der Waals surface area contributed by atoms with E-state index in [1.807, 2.05) is 13.8 Å². The summed E-state index contributed by atoms with van der Waals surface area (Å²) in [7, 11) is 0. The Kier molecular flexibility index (Phi) is 7.03. The van der Waals surface area contributed by atoms with E-state index in [0.717, 1.165) is 12.3 Å². The van der Waals surface area contributed by atoms with Gasteiger partial charge in [0.15, 0.2) is 0 Å². The molecule has 0 aromatic carbocycles. The maximum absolute atomic E-state index is 12.3. The molecule has 1 saturated heterocycles. The van der Waals surface area contributed by atoms with Crippen LogP contribution in [0.5, 0.6) is 0 Å². The summed E-state index contributed by atoms with van der Waals surface area (Å²) in [5.41, 5.74) is 0.0767. The maximum atomic E-state index is 12.3. The average Bonchev–Trinajstić information content (AvgIpc) is 2.58. The monoisotopic (exact) mass is 324 g/mol. The number of aliphatic hydroxyl groups is 1. The molecule has 132 valence electrons. The third-order valence-electron chi connectivity index (χ3n) is 5.36. The number of rotatable bonds is 6. The fourth-order valence-corrected chi connectivity index (χ4v) is 3.30. The summed E-state index contributed by atoms with van der Waals surface area (Å²) in [6, 6.07) is 0. The lowest BCUT2D eigenvalue weighted by atomic mass is 9.89. The highest BCUT2D eigenvalue weighted by Gasteiger charge is 2.31. The summed E-state index contributed by atoms with van der Waals surface area (Å²) in [6.45, 7) is 6.10. The molecule has 1 unspecified atom stereocenters. The van der Waals surface area contributed by atoms with E-state index >= 15 is 0 Å². The molecule has 0 radical (unpaired) electrons. The lowest BCUT2D eigenvalue weighted by molar-refractivity contribution is -0.125. The lowest BCUT2D eigenvalue weighted by Crippen LogP contribution is -2.48. The van der Waals surface area contributed by atoms with Gasteiger partial charge in [0.1, 0.15) is 0 Å². The summed E-state index contributed by atoms with van der Waals surface area (Å²) in [5, 5.41) is 13.3. The summed E-state index contributed by atoms with van der Waals surface area (Å²) in [5.74, 6) is 0.411. The molecule has 2 fully saturated rings. The first-order valence-corrected chi connectivity index (χ1v) is 9.09. The number of nitrogens with one attached hydrogen (secondary N) is 1. The van der Waals surface area contributed by atoms with Gasteiger partial charge in [0.05, 0.1) is 11.5 Å². The molecule has 1 amide bonds. The van der Waals surface area contributed by atoms with Gasteiger partial charge in [0.25, 0.3) is 0 Å². The predicted molar refractivity (Wildman–Crippen MR) is 91.7 cm³/mol. The highest BCUT2D eigenvalue weighted by Crippen LogP contribution is 2.24. The number of hydrogen-bond acceptors (Lipinski definition) is 4. The van der Waals surface area contributed by atoms with Crippen LogP contribution in [0.3, 0.4) is 0 Å². The van der Waals surface area contributed by atoms with Crippen LogP contribution in [0.1, 0.15) is 58.8 Å². The minimum atomic E-state index is -0.819. The van der Waals surface area contributed by atoms with Gasteiger partial charge in [-0.15, -0.1) is 0 Å². The number of nitrogens with zero attached hydrogens (tertiary/aromatic N) is 1. The van der Waals surface area contributed by atoms with Gasteiger partial charge < -0.3 is 15.2 Å².